The van der Waals surface area contributed by atoms with Gasteiger partial charge in [-0.15, -0.1) is 0 Å². The van der Waals surface area contributed by atoms with Crippen molar-refractivity contribution in [1.82, 2.24) is 0 Å². The number of aryl methyl sites for hydroxylation is 1. The van der Waals surface area contributed by atoms with Crippen LogP contribution in [-0.2, 0) is 5.41 Å². The minimum atomic E-state index is 0.330. The van der Waals surface area contributed by atoms with Gasteiger partial charge in [-0.2, -0.15) is 0 Å². The molecule has 0 radical (unpaired) electrons. The van der Waals surface area contributed by atoms with E-state index in [0.717, 1.165) is 11.7 Å². The molecule has 1 aliphatic carbocycles. The van der Waals surface area contributed by atoms with Crippen molar-refractivity contribution in [3.63, 3.8) is 0 Å². The Bertz CT molecular complexity index is 397. The van der Waals surface area contributed by atoms with Gasteiger partial charge in [-0.25, -0.2) is 0 Å². The first-order valence-corrected chi connectivity index (χ1v) is 6.73. The molecular weight excluding hydrogens is 208 g/mol. The van der Waals surface area contributed by atoms with Crippen molar-refractivity contribution < 1.29 is 4.74 Å². The molecule has 0 bridgehead atoms. The van der Waals surface area contributed by atoms with Crippen LogP contribution in [0.15, 0.2) is 18.2 Å². The summed E-state index contributed by atoms with van der Waals surface area (Å²) in [6.07, 6.45) is 5.41. The summed E-state index contributed by atoms with van der Waals surface area (Å²) >= 11 is 0. The summed E-state index contributed by atoms with van der Waals surface area (Å²) in [5.41, 5.74) is 3.22. The van der Waals surface area contributed by atoms with Gasteiger partial charge in [-0.1, -0.05) is 32.8 Å². The van der Waals surface area contributed by atoms with E-state index in [4.69, 9.17) is 4.74 Å². The highest BCUT2D eigenvalue weighted by Crippen LogP contribution is 2.45. The number of rotatable bonds is 2. The first-order valence-electron chi connectivity index (χ1n) is 6.73. The minimum Gasteiger partial charge on any atom is -0.497 e. The molecule has 0 aliphatic heterocycles. The first kappa shape index (κ1) is 12.5. The van der Waals surface area contributed by atoms with Crippen molar-refractivity contribution in [3.05, 3.63) is 29.3 Å². The molecule has 0 saturated heterocycles. The lowest BCUT2D eigenvalue weighted by Gasteiger charge is -2.41. The normalized spacial score (nSPS) is 29.1. The maximum absolute atomic E-state index is 5.38. The van der Waals surface area contributed by atoms with E-state index in [2.05, 4.69) is 39.0 Å². The topological polar surface area (TPSA) is 9.23 Å². The van der Waals surface area contributed by atoms with Gasteiger partial charge in [0.05, 0.1) is 7.11 Å². The van der Waals surface area contributed by atoms with Crippen LogP contribution in [0.25, 0.3) is 0 Å². The molecule has 2 rings (SSSR count). The second-order valence-electron chi connectivity index (χ2n) is 5.75. The molecule has 17 heavy (non-hydrogen) atoms. The van der Waals surface area contributed by atoms with Crippen LogP contribution in [0.3, 0.4) is 0 Å². The summed E-state index contributed by atoms with van der Waals surface area (Å²) in [5, 5.41) is 0. The van der Waals surface area contributed by atoms with Crippen molar-refractivity contribution in [2.75, 3.05) is 7.11 Å². The Balaban J connectivity index is 2.43. The maximum Gasteiger partial charge on any atom is 0.119 e. The highest BCUT2D eigenvalue weighted by atomic mass is 16.5. The fourth-order valence-corrected chi connectivity index (χ4v) is 3.25. The van der Waals surface area contributed by atoms with Crippen LogP contribution in [0.1, 0.15) is 50.7 Å². The van der Waals surface area contributed by atoms with E-state index < -0.39 is 0 Å². The van der Waals surface area contributed by atoms with Gasteiger partial charge in [0.15, 0.2) is 0 Å². The van der Waals surface area contributed by atoms with Crippen molar-refractivity contribution in [1.29, 1.82) is 0 Å². The molecule has 0 amide bonds. The van der Waals surface area contributed by atoms with Crippen molar-refractivity contribution in [2.24, 2.45) is 5.92 Å². The molecule has 0 N–H and O–H groups in total. The zero-order valence-corrected chi connectivity index (χ0v) is 11.5. The Hall–Kier alpha value is -0.980. The molecule has 1 heteroatoms. The molecule has 2 atom stereocenters. The zero-order chi connectivity index (χ0) is 12.5. The third-order valence-corrected chi connectivity index (χ3v) is 4.73. The maximum atomic E-state index is 5.38. The second-order valence-corrected chi connectivity index (χ2v) is 5.75. The summed E-state index contributed by atoms with van der Waals surface area (Å²) in [6, 6.07) is 6.51. The number of hydrogen-bond donors (Lipinski definition) is 0. The van der Waals surface area contributed by atoms with Crippen LogP contribution >= 0.6 is 0 Å². The van der Waals surface area contributed by atoms with E-state index in [9.17, 15) is 0 Å². The first-order chi connectivity index (χ1) is 8.08. The fourth-order valence-electron chi connectivity index (χ4n) is 3.25. The highest BCUT2D eigenvalue weighted by Gasteiger charge is 2.36. The third-order valence-electron chi connectivity index (χ3n) is 4.73. The Morgan fingerprint density at radius 2 is 2.06 bits per heavy atom. The van der Waals surface area contributed by atoms with Gasteiger partial charge in [0.2, 0.25) is 0 Å². The van der Waals surface area contributed by atoms with E-state index in [1.165, 1.54) is 36.8 Å². The molecule has 1 fully saturated rings. The Morgan fingerprint density at radius 3 is 2.71 bits per heavy atom. The number of ether oxygens (including phenoxy) is 1. The average Bonchev–Trinajstić information content (AvgIpc) is 2.33. The molecular formula is C16H24O. The van der Waals surface area contributed by atoms with E-state index in [1.807, 2.05) is 0 Å². The predicted octanol–water partition coefficient (Wildman–Crippen LogP) is 4.47. The van der Waals surface area contributed by atoms with E-state index in [0.29, 0.717) is 5.41 Å². The largest absolute Gasteiger partial charge is 0.497 e. The van der Waals surface area contributed by atoms with Crippen LogP contribution < -0.4 is 4.74 Å². The Morgan fingerprint density at radius 1 is 1.29 bits per heavy atom. The van der Waals surface area contributed by atoms with Gasteiger partial charge >= 0.3 is 0 Å². The highest BCUT2D eigenvalue weighted by molar-refractivity contribution is 5.40. The van der Waals surface area contributed by atoms with Crippen LogP contribution in [0.4, 0.5) is 0 Å². The lowest BCUT2D eigenvalue weighted by molar-refractivity contribution is 0.220. The molecule has 1 nitrogen and oxygen atoms in total. The molecule has 0 spiro atoms. The van der Waals surface area contributed by atoms with E-state index >= 15 is 0 Å². The van der Waals surface area contributed by atoms with Gasteiger partial charge in [-0.3, -0.25) is 0 Å². The summed E-state index contributed by atoms with van der Waals surface area (Å²) in [7, 11) is 1.75. The van der Waals surface area contributed by atoms with Gasteiger partial charge in [0, 0.05) is 0 Å². The van der Waals surface area contributed by atoms with E-state index in [1.54, 1.807) is 7.11 Å². The van der Waals surface area contributed by atoms with Crippen LogP contribution in [0.2, 0.25) is 0 Å². The monoisotopic (exact) mass is 232 g/mol. The molecule has 1 aromatic rings. The molecule has 1 saturated carbocycles. The van der Waals surface area contributed by atoms with Crippen molar-refractivity contribution in [3.8, 4) is 5.75 Å². The Labute approximate surface area is 105 Å². The van der Waals surface area contributed by atoms with Gasteiger partial charge < -0.3 is 4.74 Å². The van der Waals surface area contributed by atoms with Crippen molar-refractivity contribution in [2.45, 2.75) is 51.9 Å². The van der Waals surface area contributed by atoms with Crippen LogP contribution in [-0.4, -0.2) is 7.11 Å². The Kier molecular flexibility index (Phi) is 3.46. The molecule has 1 aromatic carbocycles. The molecule has 0 aromatic heterocycles. The lowest BCUT2D eigenvalue weighted by Crippen LogP contribution is -2.34. The van der Waals surface area contributed by atoms with Gasteiger partial charge in [-0.05, 0) is 54.4 Å². The number of hydrogen-bond acceptors (Lipinski definition) is 1. The summed E-state index contributed by atoms with van der Waals surface area (Å²) in [4.78, 5) is 0. The number of benzene rings is 1. The number of methoxy groups -OCH3 is 1. The smallest absolute Gasteiger partial charge is 0.119 e. The summed E-state index contributed by atoms with van der Waals surface area (Å²) in [5.74, 6) is 1.76. The predicted molar refractivity (Wildman–Crippen MR) is 72.7 cm³/mol. The third kappa shape index (κ3) is 2.20. The molecule has 1 aliphatic rings. The molecule has 94 valence electrons. The quantitative estimate of drug-likeness (QED) is 0.731. The van der Waals surface area contributed by atoms with E-state index in [-0.39, 0.29) is 0 Å². The lowest BCUT2D eigenvalue weighted by atomic mass is 9.63. The molecule has 0 heterocycles. The fraction of sp³-hybridized carbons (Fsp3) is 0.625. The van der Waals surface area contributed by atoms with Crippen LogP contribution in [0.5, 0.6) is 5.75 Å². The second kappa shape index (κ2) is 4.72. The van der Waals surface area contributed by atoms with Gasteiger partial charge in [0.1, 0.15) is 5.75 Å². The summed E-state index contributed by atoms with van der Waals surface area (Å²) in [6.45, 7) is 7.05. The zero-order valence-electron chi connectivity index (χ0n) is 11.5. The average molecular weight is 232 g/mol. The van der Waals surface area contributed by atoms with Gasteiger partial charge in [0.25, 0.3) is 0 Å². The minimum absolute atomic E-state index is 0.330. The molecule has 2 unspecified atom stereocenters. The van der Waals surface area contributed by atoms with Crippen molar-refractivity contribution >= 4 is 0 Å². The standard InChI is InChI=1S/C16H24O/c1-12-8-9-14(17-4)11-15(12)16(3)10-6-5-7-13(16)2/h8-9,11,13H,5-7,10H2,1-4H3. The van der Waals surface area contributed by atoms with Crippen LogP contribution in [0, 0.1) is 12.8 Å². The SMILES string of the molecule is COc1ccc(C)c(C2(C)CCCCC2C)c1. The summed E-state index contributed by atoms with van der Waals surface area (Å²) < 4.78 is 5.38.